The molecule has 0 amide bonds. The van der Waals surface area contributed by atoms with Crippen LogP contribution in [0.1, 0.15) is 19.8 Å². The van der Waals surface area contributed by atoms with Crippen molar-refractivity contribution in [2.75, 3.05) is 13.2 Å². The topological polar surface area (TPSA) is 102 Å². The number of nitrogens with two attached hydrogens (primary N) is 1. The minimum absolute atomic E-state index is 0.216. The number of ether oxygens (including phenoxy) is 1. The van der Waals surface area contributed by atoms with Gasteiger partial charge in [0, 0.05) is 17.9 Å². The molecule has 0 saturated carbocycles. The van der Waals surface area contributed by atoms with Crippen molar-refractivity contribution in [3.8, 4) is 0 Å². The molecule has 2 aliphatic heterocycles. The van der Waals surface area contributed by atoms with Crippen LogP contribution in [0.25, 0.3) is 10.9 Å². The largest absolute Gasteiger partial charge is 0.378 e. The monoisotopic (exact) mass is 386 g/mol. The number of pyridine rings is 1. The Morgan fingerprint density at radius 3 is 3.15 bits per heavy atom. The van der Waals surface area contributed by atoms with E-state index in [9.17, 15) is 0 Å². The molecule has 1 saturated heterocycles. The van der Waals surface area contributed by atoms with Crippen LogP contribution in [-0.2, 0) is 4.74 Å². The number of fused-ring (bicyclic) bond motifs is 3. The molecule has 0 bridgehead atoms. The molecule has 4 rings (SSSR count). The van der Waals surface area contributed by atoms with Gasteiger partial charge in [0.25, 0.3) is 0 Å². The smallest absolute Gasteiger partial charge is 0.229 e. The third kappa shape index (κ3) is 3.55. The molecule has 3 heterocycles. The number of hydrogen-bond donors (Lipinski definition) is 2. The van der Waals surface area contributed by atoms with E-state index in [-0.39, 0.29) is 6.10 Å². The minimum Gasteiger partial charge on any atom is -0.378 e. The summed E-state index contributed by atoms with van der Waals surface area (Å²) in [6.07, 6.45) is 5.29. The molecule has 27 heavy (non-hydrogen) atoms. The van der Waals surface area contributed by atoms with Crippen LogP contribution in [0.4, 0.5) is 11.4 Å². The summed E-state index contributed by atoms with van der Waals surface area (Å²) < 4.78 is 5.75. The van der Waals surface area contributed by atoms with E-state index in [1.54, 1.807) is 0 Å². The summed E-state index contributed by atoms with van der Waals surface area (Å²) in [5, 5.41) is 8.50. The Labute approximate surface area is 161 Å². The number of benzene rings is 1. The van der Waals surface area contributed by atoms with Crippen molar-refractivity contribution in [3.05, 3.63) is 29.4 Å². The summed E-state index contributed by atoms with van der Waals surface area (Å²) in [4.78, 5) is 14.9. The Bertz CT molecular complexity index is 943. The first-order valence-electron chi connectivity index (χ1n) is 8.90. The van der Waals surface area contributed by atoms with Crippen LogP contribution in [-0.4, -0.2) is 42.5 Å². The zero-order valence-corrected chi connectivity index (χ0v) is 15.7. The molecule has 140 valence electrons. The molecule has 8 nitrogen and oxygen atoms in total. The standard InChI is InChI=1S/C18H20ClN7O/c1-11-6-13(4-5-27-11)26-17(9-21-10-23-25-20)24-16-8-22-15-3-2-12(19)7-14(15)18(16)26/h2-3,7-8,10-11,13H,4-6,9H2,1H3,(H2,20,21,23)/p+1. The second-order valence-electron chi connectivity index (χ2n) is 6.74. The van der Waals surface area contributed by atoms with Gasteiger partial charge in [0.2, 0.25) is 5.84 Å². The van der Waals surface area contributed by atoms with Gasteiger partial charge in [-0.1, -0.05) is 16.8 Å². The lowest BCUT2D eigenvalue weighted by molar-refractivity contribution is -0.764. The number of aliphatic imine (C=N–C) groups is 2. The molecule has 3 unspecified atom stereocenters. The maximum absolute atomic E-state index is 6.28. The molecule has 9 heteroatoms. The number of amidine groups is 1. The van der Waals surface area contributed by atoms with Crippen molar-refractivity contribution in [1.82, 2.24) is 4.98 Å². The van der Waals surface area contributed by atoms with Crippen LogP contribution in [0.2, 0.25) is 5.02 Å². The van der Waals surface area contributed by atoms with Gasteiger partial charge in [-0.15, -0.1) is 5.11 Å². The average molecular weight is 387 g/mol. The summed E-state index contributed by atoms with van der Waals surface area (Å²) in [6.45, 7) is 3.27. The summed E-state index contributed by atoms with van der Waals surface area (Å²) in [5.74, 6) is 5.96. The number of halogens is 1. The maximum Gasteiger partial charge on any atom is 0.229 e. The van der Waals surface area contributed by atoms with Crippen molar-refractivity contribution in [3.63, 3.8) is 0 Å². The van der Waals surface area contributed by atoms with Crippen LogP contribution >= 0.6 is 11.6 Å². The molecule has 0 radical (unpaired) electrons. The fraction of sp³-hybridized carbons (Fsp3) is 0.389. The van der Waals surface area contributed by atoms with Crippen molar-refractivity contribution >= 4 is 46.1 Å². The van der Waals surface area contributed by atoms with Crippen molar-refractivity contribution < 1.29 is 9.64 Å². The van der Waals surface area contributed by atoms with Crippen LogP contribution in [0.15, 0.2) is 44.7 Å². The molecular formula is C18H21ClN7O+. The van der Waals surface area contributed by atoms with Crippen LogP contribution in [0.3, 0.4) is 0 Å². The maximum atomic E-state index is 6.28. The fourth-order valence-electron chi connectivity index (χ4n) is 3.89. The third-order valence-corrected chi connectivity index (χ3v) is 5.22. The van der Waals surface area contributed by atoms with Gasteiger partial charge in [0.05, 0.1) is 29.8 Å². The Balaban J connectivity index is 1.78. The molecule has 1 aromatic carbocycles. The van der Waals surface area contributed by atoms with E-state index < -0.39 is 0 Å². The van der Waals surface area contributed by atoms with E-state index in [4.69, 9.17) is 27.2 Å². The second kappa shape index (κ2) is 7.67. The Kier molecular flexibility index (Phi) is 5.11. The van der Waals surface area contributed by atoms with Crippen LogP contribution < -0.4 is 10.7 Å². The molecule has 3 N–H and O–H groups in total. The van der Waals surface area contributed by atoms with E-state index in [2.05, 4.69) is 27.2 Å². The summed E-state index contributed by atoms with van der Waals surface area (Å²) >= 11 is 6.28. The van der Waals surface area contributed by atoms with Gasteiger partial charge in [-0.05, 0) is 25.1 Å². The normalized spacial score (nSPS) is 25.4. The highest BCUT2D eigenvalue weighted by Crippen LogP contribution is 2.34. The molecule has 1 aromatic heterocycles. The summed E-state index contributed by atoms with van der Waals surface area (Å²) in [6, 6.07) is 6.12. The third-order valence-electron chi connectivity index (χ3n) is 4.98. The predicted molar refractivity (Wildman–Crippen MR) is 105 cm³/mol. The quantitative estimate of drug-likeness (QED) is 0.277. The second-order valence-corrected chi connectivity index (χ2v) is 7.18. The van der Waals surface area contributed by atoms with Gasteiger partial charge in [0.1, 0.15) is 24.6 Å². The lowest BCUT2D eigenvalue weighted by atomic mass is 10.0. The lowest BCUT2D eigenvalue weighted by Crippen LogP contribution is -3.13. The SMILES string of the molecule is CC1CC([NH+]2C(CN=CN=NN)=Nc3cnc4ccc(Cl)cc4c32)CCO1. The first-order valence-corrected chi connectivity index (χ1v) is 9.28. The van der Waals surface area contributed by atoms with Crippen molar-refractivity contribution in [2.24, 2.45) is 26.2 Å². The first-order chi connectivity index (χ1) is 13.2. The van der Waals surface area contributed by atoms with E-state index in [1.807, 2.05) is 24.4 Å². The van der Waals surface area contributed by atoms with Crippen LogP contribution in [0.5, 0.6) is 0 Å². The summed E-state index contributed by atoms with van der Waals surface area (Å²) in [5.41, 5.74) is 2.89. The highest BCUT2D eigenvalue weighted by Gasteiger charge is 2.40. The summed E-state index contributed by atoms with van der Waals surface area (Å²) in [7, 11) is 0. The number of aromatic nitrogens is 1. The highest BCUT2D eigenvalue weighted by atomic mass is 35.5. The number of rotatable bonds is 4. The van der Waals surface area contributed by atoms with Gasteiger partial charge in [-0.25, -0.2) is 0 Å². The zero-order chi connectivity index (χ0) is 18.8. The zero-order valence-electron chi connectivity index (χ0n) is 15.0. The average Bonchev–Trinajstić information content (AvgIpc) is 3.04. The van der Waals surface area contributed by atoms with E-state index >= 15 is 0 Å². The molecule has 2 aromatic rings. The van der Waals surface area contributed by atoms with E-state index in [0.29, 0.717) is 17.6 Å². The Morgan fingerprint density at radius 1 is 1.44 bits per heavy atom. The van der Waals surface area contributed by atoms with Gasteiger partial charge in [0.15, 0.2) is 5.69 Å². The molecule has 3 atom stereocenters. The predicted octanol–water partition coefficient (Wildman–Crippen LogP) is 2.37. The van der Waals surface area contributed by atoms with Gasteiger partial charge < -0.3 is 10.6 Å². The number of quaternary nitrogens is 1. The van der Waals surface area contributed by atoms with Crippen molar-refractivity contribution in [2.45, 2.75) is 31.9 Å². The molecule has 0 spiro atoms. The van der Waals surface area contributed by atoms with E-state index in [1.165, 1.54) is 11.2 Å². The number of nitrogens with one attached hydrogen (secondary N) is 1. The fourth-order valence-corrected chi connectivity index (χ4v) is 4.06. The molecule has 2 aliphatic rings. The van der Waals surface area contributed by atoms with Gasteiger partial charge in [-0.2, -0.15) is 4.99 Å². The van der Waals surface area contributed by atoms with E-state index in [0.717, 1.165) is 47.6 Å². The van der Waals surface area contributed by atoms with Crippen molar-refractivity contribution in [1.29, 1.82) is 0 Å². The lowest BCUT2D eigenvalue weighted by Gasteiger charge is -2.31. The van der Waals surface area contributed by atoms with Crippen LogP contribution in [0, 0.1) is 0 Å². The first kappa shape index (κ1) is 18.0. The number of nitrogens with zero attached hydrogens (tertiary/aromatic N) is 5. The Morgan fingerprint density at radius 2 is 2.33 bits per heavy atom. The Hall–Kier alpha value is -2.42. The molecular weight excluding hydrogens is 366 g/mol. The highest BCUT2D eigenvalue weighted by molar-refractivity contribution is 6.31. The van der Waals surface area contributed by atoms with Gasteiger partial charge >= 0.3 is 0 Å². The molecule has 0 aliphatic carbocycles. The van der Waals surface area contributed by atoms with Gasteiger partial charge in [-0.3, -0.25) is 14.9 Å². The number of hydrogen-bond acceptors (Lipinski definition) is 5. The minimum atomic E-state index is 0.216. The molecule has 1 fully saturated rings.